The maximum Gasteiger partial charge on any atom is 0.289 e. The third-order valence-corrected chi connectivity index (χ3v) is 7.29. The molecular formula is C19H20F3N4O5S+. The number of para-hydroxylation sites is 1. The van der Waals surface area contributed by atoms with Crippen LogP contribution in [0.5, 0.6) is 0 Å². The number of nitro benzene ring substituents is 1. The van der Waals surface area contributed by atoms with Gasteiger partial charge in [-0.15, -0.1) is 0 Å². The zero-order valence-corrected chi connectivity index (χ0v) is 17.7. The van der Waals surface area contributed by atoms with E-state index < -0.39 is 60.6 Å². The van der Waals surface area contributed by atoms with E-state index >= 15 is 0 Å². The molecule has 1 saturated heterocycles. The number of sulfonamides is 1. The molecule has 0 bridgehead atoms. The monoisotopic (exact) mass is 473 g/mol. The molecule has 1 aliphatic heterocycles. The van der Waals surface area contributed by atoms with Crippen LogP contribution in [0.3, 0.4) is 0 Å². The van der Waals surface area contributed by atoms with Crippen LogP contribution in [0.1, 0.15) is 6.92 Å². The van der Waals surface area contributed by atoms with Crippen molar-refractivity contribution < 1.29 is 36.2 Å². The molecular weight excluding hydrogens is 453 g/mol. The van der Waals surface area contributed by atoms with E-state index in [0.717, 1.165) is 16.4 Å². The molecule has 1 amide bonds. The molecule has 0 saturated carbocycles. The van der Waals surface area contributed by atoms with Crippen molar-refractivity contribution in [2.75, 3.05) is 31.5 Å². The molecule has 0 radical (unpaired) electrons. The van der Waals surface area contributed by atoms with Gasteiger partial charge in [0.15, 0.2) is 28.4 Å². The SMILES string of the molecule is C[C@H](C(=O)Nc1ccc(F)c(F)c1F)[NH+]1CCN(S(=O)(=O)c2ccccc2[N+](=O)[O-])CC1. The third kappa shape index (κ3) is 4.59. The molecule has 0 aromatic heterocycles. The van der Waals surface area contributed by atoms with Gasteiger partial charge in [0.1, 0.15) is 0 Å². The number of piperazine rings is 1. The fourth-order valence-corrected chi connectivity index (χ4v) is 5.06. The maximum absolute atomic E-state index is 13.8. The molecule has 0 spiro atoms. The second kappa shape index (κ2) is 9.22. The molecule has 172 valence electrons. The van der Waals surface area contributed by atoms with E-state index in [1.54, 1.807) is 0 Å². The fraction of sp³-hybridized carbons (Fsp3) is 0.316. The summed E-state index contributed by atoms with van der Waals surface area (Å²) in [7, 11) is -4.12. The molecule has 0 unspecified atom stereocenters. The summed E-state index contributed by atoms with van der Waals surface area (Å²) in [5, 5.41) is 13.4. The fourth-order valence-electron chi connectivity index (χ4n) is 3.46. The Hall–Kier alpha value is -3.03. The highest BCUT2D eigenvalue weighted by Gasteiger charge is 2.37. The zero-order valence-electron chi connectivity index (χ0n) is 16.8. The molecule has 32 heavy (non-hydrogen) atoms. The third-order valence-electron chi connectivity index (χ3n) is 5.34. The smallest absolute Gasteiger partial charge is 0.289 e. The molecule has 2 aromatic carbocycles. The molecule has 1 aliphatic rings. The van der Waals surface area contributed by atoms with E-state index in [9.17, 15) is 36.5 Å². The summed E-state index contributed by atoms with van der Waals surface area (Å²) in [5.74, 6) is -5.24. The normalized spacial score (nSPS) is 16.5. The summed E-state index contributed by atoms with van der Waals surface area (Å²) in [6, 6.07) is 5.89. The number of amides is 1. The van der Waals surface area contributed by atoms with Crippen LogP contribution in [0.2, 0.25) is 0 Å². The first-order chi connectivity index (χ1) is 15.0. The number of anilines is 1. The van der Waals surface area contributed by atoms with Gasteiger partial charge in [0.05, 0.1) is 36.8 Å². The Morgan fingerprint density at radius 3 is 2.38 bits per heavy atom. The van der Waals surface area contributed by atoms with Gasteiger partial charge in [-0.05, 0) is 25.1 Å². The van der Waals surface area contributed by atoms with Crippen LogP contribution in [0.15, 0.2) is 41.3 Å². The van der Waals surface area contributed by atoms with Crippen molar-refractivity contribution in [3.8, 4) is 0 Å². The van der Waals surface area contributed by atoms with Crippen molar-refractivity contribution in [1.29, 1.82) is 0 Å². The van der Waals surface area contributed by atoms with Gasteiger partial charge in [-0.2, -0.15) is 4.31 Å². The van der Waals surface area contributed by atoms with E-state index in [0.29, 0.717) is 11.0 Å². The van der Waals surface area contributed by atoms with Gasteiger partial charge in [-0.25, -0.2) is 21.6 Å². The zero-order chi connectivity index (χ0) is 23.6. The predicted molar refractivity (Wildman–Crippen MR) is 107 cm³/mol. The minimum Gasteiger partial charge on any atom is -0.323 e. The summed E-state index contributed by atoms with van der Waals surface area (Å²) in [6.45, 7) is 1.94. The van der Waals surface area contributed by atoms with Crippen molar-refractivity contribution in [3.05, 3.63) is 64.0 Å². The van der Waals surface area contributed by atoms with E-state index in [2.05, 4.69) is 5.32 Å². The number of benzene rings is 2. The van der Waals surface area contributed by atoms with E-state index in [-0.39, 0.29) is 26.2 Å². The van der Waals surface area contributed by atoms with E-state index in [1.165, 1.54) is 25.1 Å². The lowest BCUT2D eigenvalue weighted by molar-refractivity contribution is -0.917. The molecule has 2 N–H and O–H groups in total. The van der Waals surface area contributed by atoms with Crippen molar-refractivity contribution in [1.82, 2.24) is 4.31 Å². The van der Waals surface area contributed by atoms with Gasteiger partial charge in [-0.3, -0.25) is 14.9 Å². The Morgan fingerprint density at radius 1 is 1.12 bits per heavy atom. The van der Waals surface area contributed by atoms with Crippen LogP contribution in [0, 0.1) is 27.6 Å². The van der Waals surface area contributed by atoms with Crippen LogP contribution >= 0.6 is 0 Å². The van der Waals surface area contributed by atoms with Crippen molar-refractivity contribution in [2.45, 2.75) is 17.9 Å². The highest BCUT2D eigenvalue weighted by atomic mass is 32.2. The minimum atomic E-state index is -4.12. The standard InChI is InChI=1S/C19H19F3N4O5S/c1-12(19(27)23-14-7-6-13(20)17(21)18(14)22)24-8-10-25(11-9-24)32(30,31)16-5-3-2-4-15(16)26(28)29/h2-7,12H,8-11H2,1H3,(H,23,27)/p+1/t12-/m1/s1. The molecule has 3 rings (SSSR count). The van der Waals surface area contributed by atoms with Crippen molar-refractivity contribution in [2.24, 2.45) is 0 Å². The minimum absolute atomic E-state index is 0.000866. The number of quaternary nitrogens is 1. The first kappa shape index (κ1) is 23.6. The van der Waals surface area contributed by atoms with Crippen LogP contribution in [-0.4, -0.2) is 55.8 Å². The number of nitrogens with zero attached hydrogens (tertiary/aromatic N) is 2. The Kier molecular flexibility index (Phi) is 6.81. The lowest BCUT2D eigenvalue weighted by atomic mass is 10.2. The van der Waals surface area contributed by atoms with Crippen LogP contribution in [0.4, 0.5) is 24.5 Å². The second-order valence-electron chi connectivity index (χ2n) is 7.22. The molecule has 1 heterocycles. The Balaban J connectivity index is 1.67. The molecule has 1 atom stereocenters. The van der Waals surface area contributed by atoms with Gasteiger partial charge in [0.25, 0.3) is 11.6 Å². The maximum atomic E-state index is 13.8. The molecule has 9 nitrogen and oxygen atoms in total. The van der Waals surface area contributed by atoms with Crippen LogP contribution in [-0.2, 0) is 14.8 Å². The van der Waals surface area contributed by atoms with E-state index in [4.69, 9.17) is 0 Å². The average Bonchev–Trinajstić information content (AvgIpc) is 2.79. The lowest BCUT2D eigenvalue weighted by Crippen LogP contribution is -3.19. The first-order valence-corrected chi connectivity index (χ1v) is 11.0. The first-order valence-electron chi connectivity index (χ1n) is 9.56. The molecule has 0 aliphatic carbocycles. The van der Waals surface area contributed by atoms with Crippen molar-refractivity contribution in [3.63, 3.8) is 0 Å². The number of nitrogens with one attached hydrogen (secondary N) is 2. The number of nitro groups is 1. The topological polar surface area (TPSA) is 114 Å². The number of carbonyl (C=O) groups excluding carboxylic acids is 1. The average molecular weight is 473 g/mol. The van der Waals surface area contributed by atoms with Gasteiger partial charge in [0.2, 0.25) is 10.0 Å². The van der Waals surface area contributed by atoms with Crippen LogP contribution < -0.4 is 10.2 Å². The summed E-state index contributed by atoms with van der Waals surface area (Å²) in [4.78, 5) is 23.1. The number of rotatable bonds is 6. The van der Waals surface area contributed by atoms with Gasteiger partial charge >= 0.3 is 0 Å². The number of halogens is 3. The Labute approximate surface area is 181 Å². The largest absolute Gasteiger partial charge is 0.323 e. The van der Waals surface area contributed by atoms with Crippen LogP contribution in [0.25, 0.3) is 0 Å². The van der Waals surface area contributed by atoms with E-state index in [1.807, 2.05) is 0 Å². The number of hydrogen-bond donors (Lipinski definition) is 2. The molecule has 1 fully saturated rings. The second-order valence-corrected chi connectivity index (χ2v) is 9.13. The predicted octanol–water partition coefficient (Wildman–Crippen LogP) is 0.928. The quantitative estimate of drug-likeness (QED) is 0.368. The number of carbonyl (C=O) groups is 1. The Morgan fingerprint density at radius 2 is 1.75 bits per heavy atom. The highest BCUT2D eigenvalue weighted by Crippen LogP contribution is 2.26. The summed E-state index contributed by atoms with van der Waals surface area (Å²) >= 11 is 0. The summed E-state index contributed by atoms with van der Waals surface area (Å²) in [6.07, 6.45) is 0. The number of hydrogen-bond acceptors (Lipinski definition) is 5. The molecule has 2 aromatic rings. The van der Waals surface area contributed by atoms with Gasteiger partial charge in [0, 0.05) is 6.07 Å². The highest BCUT2D eigenvalue weighted by molar-refractivity contribution is 7.89. The molecule has 13 heteroatoms. The van der Waals surface area contributed by atoms with Gasteiger partial charge in [-0.1, -0.05) is 12.1 Å². The van der Waals surface area contributed by atoms with Crippen molar-refractivity contribution >= 4 is 27.3 Å². The Bertz CT molecular complexity index is 1150. The summed E-state index contributed by atoms with van der Waals surface area (Å²) in [5.41, 5.74) is -1.03. The lowest BCUT2D eigenvalue weighted by Gasteiger charge is -2.34. The summed E-state index contributed by atoms with van der Waals surface area (Å²) < 4.78 is 67.1. The van der Waals surface area contributed by atoms with Gasteiger partial charge < -0.3 is 10.2 Å².